The van der Waals surface area contributed by atoms with Gasteiger partial charge in [0.2, 0.25) is 0 Å². The van der Waals surface area contributed by atoms with Gasteiger partial charge in [-0.3, -0.25) is 0 Å². The summed E-state index contributed by atoms with van der Waals surface area (Å²) in [4.78, 5) is 0.958. The van der Waals surface area contributed by atoms with Crippen LogP contribution in [0.4, 0.5) is 0 Å². The Morgan fingerprint density at radius 1 is 0.929 bits per heavy atom. The van der Waals surface area contributed by atoms with E-state index in [2.05, 4.69) is 24.3 Å². The maximum absolute atomic E-state index is 5.07. The van der Waals surface area contributed by atoms with E-state index in [1.807, 2.05) is 0 Å². The third-order valence-electron chi connectivity index (χ3n) is 2.96. The van der Waals surface area contributed by atoms with Gasteiger partial charge in [-0.2, -0.15) is 4.90 Å². The van der Waals surface area contributed by atoms with Crippen molar-refractivity contribution in [1.29, 1.82) is 0 Å². The Morgan fingerprint density at radius 2 is 1.50 bits per heavy atom. The first-order valence-electron chi connectivity index (χ1n) is 5.13. The van der Waals surface area contributed by atoms with Gasteiger partial charge >= 0.3 is 29.6 Å². The molecule has 1 aromatic rings. The number of rotatable bonds is 1. The van der Waals surface area contributed by atoms with E-state index in [-0.39, 0.29) is 29.6 Å². The van der Waals surface area contributed by atoms with Crippen LogP contribution in [0.25, 0.3) is 0 Å². The molecule has 0 amide bonds. The molecule has 2 rings (SSSR count). The Hall–Kier alpha value is 0.440. The van der Waals surface area contributed by atoms with Crippen LogP contribution < -0.4 is 29.6 Å². The minimum Gasteiger partial charge on any atom is -0.780 e. The Labute approximate surface area is 114 Å². The summed E-state index contributed by atoms with van der Waals surface area (Å²) in [5.74, 6) is 0.810. The maximum atomic E-state index is 5.07. The van der Waals surface area contributed by atoms with Crippen LogP contribution >= 0.6 is 0 Å². The van der Waals surface area contributed by atoms with Gasteiger partial charge in [0.15, 0.2) is 0 Å². The fourth-order valence-corrected chi connectivity index (χ4v) is 2.31. The van der Waals surface area contributed by atoms with Gasteiger partial charge in [0, 0.05) is 0 Å². The van der Waals surface area contributed by atoms with Gasteiger partial charge in [0.05, 0.1) is 0 Å². The second-order valence-corrected chi connectivity index (χ2v) is 4.38. The zero-order valence-electron chi connectivity index (χ0n) is 8.83. The van der Waals surface area contributed by atoms with Crippen LogP contribution in [0.1, 0.15) is 43.6 Å². The van der Waals surface area contributed by atoms with E-state index in [9.17, 15) is 0 Å². The standard InChI is InChI=1S/C12H16S.Na/c13-12-8-6-11(7-9-12)10-4-2-1-3-5-10;/h6-10,13H,1-5H2;/q;+1/p-1. The van der Waals surface area contributed by atoms with Gasteiger partial charge in [-0.1, -0.05) is 43.5 Å². The molecular formula is C12H15NaS. The normalized spacial score (nSPS) is 17.4. The summed E-state index contributed by atoms with van der Waals surface area (Å²) < 4.78 is 0. The molecule has 1 saturated carbocycles. The van der Waals surface area contributed by atoms with Gasteiger partial charge in [-0.15, -0.1) is 0 Å². The number of benzene rings is 1. The molecule has 0 bridgehead atoms. The third-order valence-corrected chi connectivity index (χ3v) is 3.23. The molecular weight excluding hydrogens is 199 g/mol. The van der Waals surface area contributed by atoms with Crippen molar-refractivity contribution >= 4 is 12.6 Å². The quantitative estimate of drug-likeness (QED) is 0.488. The van der Waals surface area contributed by atoms with Gasteiger partial charge in [-0.25, -0.2) is 0 Å². The van der Waals surface area contributed by atoms with Crippen molar-refractivity contribution in [3.63, 3.8) is 0 Å². The van der Waals surface area contributed by atoms with Crippen LogP contribution in [-0.2, 0) is 12.6 Å². The predicted octanol–water partition coefficient (Wildman–Crippen LogP) is 0.644. The van der Waals surface area contributed by atoms with Crippen LogP contribution in [0, 0.1) is 0 Å². The fraction of sp³-hybridized carbons (Fsp3) is 0.500. The second kappa shape index (κ2) is 6.12. The Bertz CT molecular complexity index is 262. The molecule has 0 aliphatic heterocycles. The van der Waals surface area contributed by atoms with Crippen molar-refractivity contribution in [2.75, 3.05) is 0 Å². The molecule has 0 saturated heterocycles. The van der Waals surface area contributed by atoms with E-state index in [1.54, 1.807) is 0 Å². The van der Waals surface area contributed by atoms with Crippen molar-refractivity contribution in [3.05, 3.63) is 29.8 Å². The molecule has 2 heteroatoms. The number of hydrogen-bond acceptors (Lipinski definition) is 1. The molecule has 70 valence electrons. The monoisotopic (exact) mass is 214 g/mol. The largest absolute Gasteiger partial charge is 1.00 e. The van der Waals surface area contributed by atoms with Crippen LogP contribution in [0.15, 0.2) is 29.2 Å². The summed E-state index contributed by atoms with van der Waals surface area (Å²) in [6.45, 7) is 0. The van der Waals surface area contributed by atoms with Gasteiger partial charge < -0.3 is 12.6 Å². The van der Waals surface area contributed by atoms with Crippen LogP contribution in [0.2, 0.25) is 0 Å². The van der Waals surface area contributed by atoms with Crippen molar-refractivity contribution < 1.29 is 29.6 Å². The molecule has 1 fully saturated rings. The van der Waals surface area contributed by atoms with Gasteiger partial charge in [0.25, 0.3) is 0 Å². The SMILES string of the molecule is [Na+].[S-]c1ccc(C2CCCCC2)cc1. The molecule has 0 spiro atoms. The van der Waals surface area contributed by atoms with Crippen LogP contribution in [-0.4, -0.2) is 0 Å². The molecule has 0 heterocycles. The molecule has 14 heavy (non-hydrogen) atoms. The molecule has 0 nitrogen and oxygen atoms in total. The first kappa shape index (κ1) is 12.5. The van der Waals surface area contributed by atoms with E-state index in [4.69, 9.17) is 12.6 Å². The fourth-order valence-electron chi connectivity index (χ4n) is 2.18. The summed E-state index contributed by atoms with van der Waals surface area (Å²) in [6, 6.07) is 8.52. The van der Waals surface area contributed by atoms with Crippen LogP contribution in [0.5, 0.6) is 0 Å². The summed E-state index contributed by atoms with van der Waals surface area (Å²) in [6.07, 6.45) is 6.98. The zero-order valence-corrected chi connectivity index (χ0v) is 11.6. The van der Waals surface area contributed by atoms with Crippen molar-refractivity contribution in [1.82, 2.24) is 0 Å². The summed E-state index contributed by atoms with van der Waals surface area (Å²) in [5, 5.41) is 0. The first-order valence-corrected chi connectivity index (χ1v) is 5.54. The topological polar surface area (TPSA) is 0 Å². The van der Waals surface area contributed by atoms with Crippen LogP contribution in [0.3, 0.4) is 0 Å². The third kappa shape index (κ3) is 3.23. The van der Waals surface area contributed by atoms with E-state index in [0.29, 0.717) is 0 Å². The minimum absolute atomic E-state index is 0. The maximum Gasteiger partial charge on any atom is 1.00 e. The van der Waals surface area contributed by atoms with Crippen molar-refractivity contribution in [2.24, 2.45) is 0 Å². The molecule has 0 radical (unpaired) electrons. The summed E-state index contributed by atoms with van der Waals surface area (Å²) in [5.41, 5.74) is 1.49. The second-order valence-electron chi connectivity index (χ2n) is 3.90. The smallest absolute Gasteiger partial charge is 0.780 e. The van der Waals surface area contributed by atoms with E-state index >= 15 is 0 Å². The minimum atomic E-state index is 0. The van der Waals surface area contributed by atoms with Gasteiger partial charge in [0.1, 0.15) is 0 Å². The molecule has 1 aromatic carbocycles. The molecule has 0 atom stereocenters. The Kier molecular flexibility index (Phi) is 5.47. The molecule has 0 aromatic heterocycles. The molecule has 1 aliphatic carbocycles. The zero-order chi connectivity index (χ0) is 9.10. The average molecular weight is 214 g/mol. The summed E-state index contributed by atoms with van der Waals surface area (Å²) >= 11 is 5.07. The van der Waals surface area contributed by atoms with Gasteiger partial charge in [-0.05, 0) is 24.3 Å². The predicted molar refractivity (Wildman–Crippen MR) is 57.9 cm³/mol. The van der Waals surface area contributed by atoms with E-state index < -0.39 is 0 Å². The molecule has 0 unspecified atom stereocenters. The summed E-state index contributed by atoms with van der Waals surface area (Å²) in [7, 11) is 0. The van der Waals surface area contributed by atoms with Crippen molar-refractivity contribution in [3.8, 4) is 0 Å². The van der Waals surface area contributed by atoms with Crippen molar-refractivity contribution in [2.45, 2.75) is 42.9 Å². The van der Waals surface area contributed by atoms with E-state index in [1.165, 1.54) is 37.7 Å². The molecule has 1 aliphatic rings. The average Bonchev–Trinajstić information content (AvgIpc) is 2.20. The number of hydrogen-bond donors (Lipinski definition) is 0. The molecule has 0 N–H and O–H groups in total. The Morgan fingerprint density at radius 3 is 2.07 bits per heavy atom. The Balaban J connectivity index is 0.000000980. The first-order chi connectivity index (χ1) is 6.36. The van der Waals surface area contributed by atoms with E-state index in [0.717, 1.165) is 10.8 Å².